The van der Waals surface area contributed by atoms with Gasteiger partial charge in [0.1, 0.15) is 0 Å². The predicted molar refractivity (Wildman–Crippen MR) is 75.2 cm³/mol. The molecule has 2 aliphatic heterocycles. The minimum atomic E-state index is 0.132. The summed E-state index contributed by atoms with van der Waals surface area (Å²) in [6.07, 6.45) is 7.94. The Balaban J connectivity index is 1.63. The van der Waals surface area contributed by atoms with Gasteiger partial charge in [-0.2, -0.15) is 5.10 Å². The van der Waals surface area contributed by atoms with Crippen molar-refractivity contribution in [3.63, 3.8) is 0 Å². The molecule has 5 nitrogen and oxygen atoms in total. The second-order valence-corrected chi connectivity index (χ2v) is 5.85. The highest BCUT2D eigenvalue weighted by Gasteiger charge is 2.24. The molecular weight excluding hydrogens is 254 g/mol. The van der Waals surface area contributed by atoms with Crippen LogP contribution in [-0.4, -0.2) is 39.8 Å². The van der Waals surface area contributed by atoms with Crippen LogP contribution in [0.4, 0.5) is 0 Å². The Morgan fingerprint density at radius 3 is 3.15 bits per heavy atom. The van der Waals surface area contributed by atoms with Crippen LogP contribution in [0.5, 0.6) is 0 Å². The molecular formula is C15H23N3O2. The first-order valence-electron chi connectivity index (χ1n) is 7.63. The third-order valence-corrected chi connectivity index (χ3v) is 4.38. The van der Waals surface area contributed by atoms with Gasteiger partial charge in [0.2, 0.25) is 5.91 Å². The molecule has 5 heteroatoms. The molecule has 20 heavy (non-hydrogen) atoms. The van der Waals surface area contributed by atoms with Gasteiger partial charge in [-0.15, -0.1) is 0 Å². The van der Waals surface area contributed by atoms with Crippen LogP contribution in [0, 0.1) is 0 Å². The quantitative estimate of drug-likeness (QED) is 0.826. The first-order valence-corrected chi connectivity index (χ1v) is 7.63. The molecule has 0 bridgehead atoms. The molecule has 1 atom stereocenters. The van der Waals surface area contributed by atoms with E-state index in [1.54, 1.807) is 0 Å². The second kappa shape index (κ2) is 5.95. The maximum atomic E-state index is 12.5. The summed E-state index contributed by atoms with van der Waals surface area (Å²) in [7, 11) is 1.98. The van der Waals surface area contributed by atoms with E-state index in [9.17, 15) is 4.79 Å². The van der Waals surface area contributed by atoms with Crippen molar-refractivity contribution in [3.8, 4) is 0 Å². The van der Waals surface area contributed by atoms with Crippen molar-refractivity contribution in [2.75, 3.05) is 13.2 Å². The minimum Gasteiger partial charge on any atom is -0.378 e. The van der Waals surface area contributed by atoms with Crippen molar-refractivity contribution >= 4 is 5.91 Å². The first kappa shape index (κ1) is 13.6. The van der Waals surface area contributed by atoms with E-state index in [1.165, 1.54) is 17.7 Å². The van der Waals surface area contributed by atoms with E-state index in [1.807, 2.05) is 22.8 Å². The first-order chi connectivity index (χ1) is 9.74. The summed E-state index contributed by atoms with van der Waals surface area (Å²) in [5, 5.41) is 4.30. The Morgan fingerprint density at radius 1 is 1.45 bits per heavy atom. The van der Waals surface area contributed by atoms with Gasteiger partial charge in [0.25, 0.3) is 0 Å². The molecule has 0 aliphatic carbocycles. The fourth-order valence-electron chi connectivity index (χ4n) is 3.19. The zero-order valence-electron chi connectivity index (χ0n) is 12.2. The van der Waals surface area contributed by atoms with E-state index in [4.69, 9.17) is 4.74 Å². The number of carbonyl (C=O) groups is 1. The van der Waals surface area contributed by atoms with Crippen LogP contribution in [0.25, 0.3) is 0 Å². The van der Waals surface area contributed by atoms with E-state index in [-0.39, 0.29) is 12.0 Å². The van der Waals surface area contributed by atoms with E-state index in [0.717, 1.165) is 38.8 Å². The van der Waals surface area contributed by atoms with Crippen molar-refractivity contribution < 1.29 is 9.53 Å². The maximum absolute atomic E-state index is 12.5. The summed E-state index contributed by atoms with van der Waals surface area (Å²) in [5.74, 6) is 0.230. The number of carbonyl (C=O) groups excluding carboxylic acids is 1. The molecule has 0 spiro atoms. The monoisotopic (exact) mass is 277 g/mol. The van der Waals surface area contributed by atoms with Crippen molar-refractivity contribution in [2.45, 2.75) is 51.2 Å². The molecule has 110 valence electrons. The summed E-state index contributed by atoms with van der Waals surface area (Å²) in [4.78, 5) is 14.4. The fourth-order valence-corrected chi connectivity index (χ4v) is 3.19. The lowest BCUT2D eigenvalue weighted by Gasteiger charge is -2.26. The number of amides is 1. The van der Waals surface area contributed by atoms with E-state index < -0.39 is 0 Å². The van der Waals surface area contributed by atoms with E-state index >= 15 is 0 Å². The smallest absolute Gasteiger partial charge is 0.225 e. The lowest BCUT2D eigenvalue weighted by atomic mass is 10.1. The topological polar surface area (TPSA) is 47.4 Å². The van der Waals surface area contributed by atoms with Gasteiger partial charge in [0, 0.05) is 38.0 Å². The molecule has 3 heterocycles. The average molecular weight is 277 g/mol. The van der Waals surface area contributed by atoms with Gasteiger partial charge < -0.3 is 9.64 Å². The highest BCUT2D eigenvalue weighted by atomic mass is 16.5. The van der Waals surface area contributed by atoms with Gasteiger partial charge >= 0.3 is 0 Å². The van der Waals surface area contributed by atoms with Crippen molar-refractivity contribution in [1.29, 1.82) is 0 Å². The largest absolute Gasteiger partial charge is 0.378 e. The number of ether oxygens (including phenoxy) is 1. The third-order valence-electron chi connectivity index (χ3n) is 4.38. The molecule has 0 radical (unpaired) electrons. The van der Waals surface area contributed by atoms with Crippen LogP contribution in [0.3, 0.4) is 0 Å². The number of hydrogen-bond acceptors (Lipinski definition) is 3. The molecule has 1 fully saturated rings. The zero-order chi connectivity index (χ0) is 13.9. The maximum Gasteiger partial charge on any atom is 0.225 e. The van der Waals surface area contributed by atoms with Crippen molar-refractivity contribution in [1.82, 2.24) is 14.7 Å². The molecule has 1 saturated heterocycles. The zero-order valence-corrected chi connectivity index (χ0v) is 12.2. The van der Waals surface area contributed by atoms with Crippen LogP contribution < -0.4 is 0 Å². The van der Waals surface area contributed by atoms with Crippen molar-refractivity contribution in [2.24, 2.45) is 7.05 Å². The molecule has 1 aromatic rings. The number of nitrogens with zero attached hydrogens (tertiary/aromatic N) is 3. The Bertz CT molecular complexity index is 477. The van der Waals surface area contributed by atoms with Crippen LogP contribution >= 0.6 is 0 Å². The summed E-state index contributed by atoms with van der Waals surface area (Å²) >= 11 is 0. The number of rotatable bonds is 2. The Hall–Kier alpha value is -1.36. The molecule has 0 unspecified atom stereocenters. The Kier molecular flexibility index (Phi) is 4.05. The van der Waals surface area contributed by atoms with Crippen LogP contribution in [0.2, 0.25) is 0 Å². The minimum absolute atomic E-state index is 0.132. The molecule has 1 aromatic heterocycles. The van der Waals surface area contributed by atoms with Crippen LogP contribution in [0.1, 0.15) is 43.4 Å². The van der Waals surface area contributed by atoms with E-state index in [0.29, 0.717) is 13.0 Å². The Morgan fingerprint density at radius 2 is 2.35 bits per heavy atom. The lowest BCUT2D eigenvalue weighted by molar-refractivity contribution is -0.135. The molecule has 0 N–H and O–H groups in total. The molecule has 2 aliphatic rings. The molecule has 1 amide bonds. The van der Waals surface area contributed by atoms with Gasteiger partial charge in [0.05, 0.1) is 18.7 Å². The molecule has 0 aromatic carbocycles. The standard InChI is InChI=1S/C15H23N3O2/c1-17-14-6-4-7-18(11-12(14)10-16-17)15(19)9-13-5-2-3-8-20-13/h10,13H,2-9,11H2,1H3/t13-/m1/s1. The Labute approximate surface area is 119 Å². The van der Waals surface area contributed by atoms with Gasteiger partial charge in [-0.3, -0.25) is 9.48 Å². The lowest BCUT2D eigenvalue weighted by Crippen LogP contribution is -2.34. The highest BCUT2D eigenvalue weighted by molar-refractivity contribution is 5.76. The number of aryl methyl sites for hydroxylation is 1. The SMILES string of the molecule is Cn1ncc2c1CCCN(C(=O)C[C@H]1CCCCO1)C2. The predicted octanol–water partition coefficient (Wildman–Crippen LogP) is 1.65. The number of aromatic nitrogens is 2. The summed E-state index contributed by atoms with van der Waals surface area (Å²) < 4.78 is 7.62. The van der Waals surface area contributed by atoms with Crippen molar-refractivity contribution in [3.05, 3.63) is 17.5 Å². The van der Waals surface area contributed by atoms with Crippen LogP contribution in [-0.2, 0) is 29.5 Å². The second-order valence-electron chi connectivity index (χ2n) is 5.85. The highest BCUT2D eigenvalue weighted by Crippen LogP contribution is 2.21. The van der Waals surface area contributed by atoms with Gasteiger partial charge in [0.15, 0.2) is 0 Å². The average Bonchev–Trinajstić information content (AvgIpc) is 2.69. The molecule has 0 saturated carbocycles. The summed E-state index contributed by atoms with van der Waals surface area (Å²) in [6, 6.07) is 0. The normalized spacial score (nSPS) is 23.2. The summed E-state index contributed by atoms with van der Waals surface area (Å²) in [6.45, 7) is 2.36. The van der Waals surface area contributed by atoms with E-state index in [2.05, 4.69) is 5.10 Å². The van der Waals surface area contributed by atoms with Gasteiger partial charge in [-0.05, 0) is 32.1 Å². The number of fused-ring (bicyclic) bond motifs is 1. The third kappa shape index (κ3) is 2.87. The number of hydrogen-bond donors (Lipinski definition) is 0. The van der Waals surface area contributed by atoms with Gasteiger partial charge in [-0.1, -0.05) is 0 Å². The fraction of sp³-hybridized carbons (Fsp3) is 0.733. The van der Waals surface area contributed by atoms with Crippen LogP contribution in [0.15, 0.2) is 6.20 Å². The molecule has 3 rings (SSSR count). The van der Waals surface area contributed by atoms with Gasteiger partial charge in [-0.25, -0.2) is 0 Å². The summed E-state index contributed by atoms with van der Waals surface area (Å²) in [5.41, 5.74) is 2.47.